The second kappa shape index (κ2) is 8.32. The zero-order valence-corrected chi connectivity index (χ0v) is 19.9. The van der Waals surface area contributed by atoms with Gasteiger partial charge in [0.1, 0.15) is 11.3 Å². The van der Waals surface area contributed by atoms with Gasteiger partial charge in [0.15, 0.2) is 5.82 Å². The minimum Gasteiger partial charge on any atom is -0.496 e. The van der Waals surface area contributed by atoms with Crippen molar-refractivity contribution in [1.82, 2.24) is 34.7 Å². The third-order valence-corrected chi connectivity index (χ3v) is 6.76. The highest BCUT2D eigenvalue weighted by molar-refractivity contribution is 5.94. The number of alkyl halides is 3. The maximum absolute atomic E-state index is 13.6. The number of likely N-dealkylation sites (tertiary alicyclic amines) is 1. The number of benzene rings is 1. The number of fused-ring (bicyclic) bond motifs is 3. The average Bonchev–Trinajstić information content (AvgIpc) is 3.54. The highest BCUT2D eigenvalue weighted by Gasteiger charge is 2.43. The standard InChI is InChI=1S/C23H23F3N8O2/c1-22(12-27)6-4-7-34(22)21(35)20-28-16(11-23(24,25)26)18-14-10-15(19-29-31-32(2)30-19)17(36-3)9-13(14)5-8-33(18)20/h9-10H,4-8,11H2,1-3H3/t22-/m1/s1. The predicted molar refractivity (Wildman–Crippen MR) is 120 cm³/mol. The van der Waals surface area contributed by atoms with Crippen molar-refractivity contribution in [2.75, 3.05) is 13.7 Å². The number of amides is 1. The number of halogens is 3. The molecule has 1 atom stereocenters. The van der Waals surface area contributed by atoms with E-state index < -0.39 is 24.0 Å². The maximum Gasteiger partial charge on any atom is 0.394 e. The normalized spacial score (nSPS) is 19.1. The topological polar surface area (TPSA) is 115 Å². The molecule has 0 radical (unpaired) electrons. The molecule has 2 aromatic heterocycles. The van der Waals surface area contributed by atoms with Crippen LogP contribution in [-0.2, 0) is 26.4 Å². The van der Waals surface area contributed by atoms with Crippen molar-refractivity contribution in [3.8, 4) is 34.5 Å². The van der Waals surface area contributed by atoms with Gasteiger partial charge in [0.25, 0.3) is 5.91 Å². The molecule has 2 aliphatic rings. The number of rotatable bonds is 4. The van der Waals surface area contributed by atoms with Crippen LogP contribution in [-0.4, -0.2) is 65.9 Å². The molecule has 0 spiro atoms. The molecule has 5 rings (SSSR count). The summed E-state index contributed by atoms with van der Waals surface area (Å²) < 4.78 is 47.9. The molecule has 1 saturated heterocycles. The van der Waals surface area contributed by atoms with Gasteiger partial charge in [-0.3, -0.25) is 4.79 Å². The number of nitrogens with zero attached hydrogens (tertiary/aromatic N) is 8. The number of hydrogen-bond acceptors (Lipinski definition) is 7. The van der Waals surface area contributed by atoms with Gasteiger partial charge in [-0.25, -0.2) is 4.98 Å². The monoisotopic (exact) mass is 500 g/mol. The minimum absolute atomic E-state index is 0.0896. The molecule has 0 unspecified atom stereocenters. The van der Waals surface area contributed by atoms with Gasteiger partial charge in [-0.05, 0) is 49.1 Å². The van der Waals surface area contributed by atoms with Crippen LogP contribution in [0.5, 0.6) is 5.75 Å². The molecule has 0 saturated carbocycles. The Labute approximate surface area is 204 Å². The molecule has 1 amide bonds. The van der Waals surface area contributed by atoms with E-state index in [0.717, 1.165) is 5.56 Å². The fourth-order valence-corrected chi connectivity index (χ4v) is 5.04. The Kier molecular flexibility index (Phi) is 5.50. The number of aryl methyl sites for hydroxylation is 2. The molecule has 1 fully saturated rings. The largest absolute Gasteiger partial charge is 0.496 e. The molecule has 188 valence electrons. The van der Waals surface area contributed by atoms with Gasteiger partial charge in [-0.2, -0.15) is 23.2 Å². The number of methoxy groups -OCH3 is 1. The molecule has 2 aliphatic heterocycles. The zero-order chi connectivity index (χ0) is 25.8. The molecule has 0 aliphatic carbocycles. The molecule has 0 N–H and O–H groups in total. The lowest BCUT2D eigenvalue weighted by atomic mass is 9.93. The minimum atomic E-state index is -4.54. The summed E-state index contributed by atoms with van der Waals surface area (Å²) in [7, 11) is 3.09. The van der Waals surface area contributed by atoms with Gasteiger partial charge in [0.05, 0.1) is 43.6 Å². The average molecular weight is 500 g/mol. The van der Waals surface area contributed by atoms with Gasteiger partial charge >= 0.3 is 6.18 Å². The molecule has 4 heterocycles. The Bertz CT molecular complexity index is 1400. The number of carbonyl (C=O) groups excluding carboxylic acids is 1. The molecular weight excluding hydrogens is 477 g/mol. The molecule has 13 heteroatoms. The smallest absolute Gasteiger partial charge is 0.394 e. The van der Waals surface area contributed by atoms with E-state index in [9.17, 15) is 23.2 Å². The second-order valence-electron chi connectivity index (χ2n) is 9.18. The molecule has 36 heavy (non-hydrogen) atoms. The van der Waals surface area contributed by atoms with Crippen molar-refractivity contribution in [1.29, 1.82) is 5.26 Å². The first kappa shape index (κ1) is 23.8. The molecule has 10 nitrogen and oxygen atoms in total. The third kappa shape index (κ3) is 3.86. The summed E-state index contributed by atoms with van der Waals surface area (Å²) in [6.07, 6.45) is -4.25. The van der Waals surface area contributed by atoms with Crippen LogP contribution in [0.3, 0.4) is 0 Å². The maximum atomic E-state index is 13.6. The SMILES string of the molecule is COc1cc2c(cc1-c1nnn(C)n1)-c1c(CC(F)(F)F)nc(C(=O)N3CCC[C@]3(C)C#N)n1CC2. The summed E-state index contributed by atoms with van der Waals surface area (Å²) in [5.74, 6) is 0.0850. The Morgan fingerprint density at radius 3 is 2.69 bits per heavy atom. The van der Waals surface area contributed by atoms with E-state index in [2.05, 4.69) is 26.5 Å². The van der Waals surface area contributed by atoms with Crippen LogP contribution in [0.1, 0.15) is 41.6 Å². The number of aromatic nitrogens is 6. The summed E-state index contributed by atoms with van der Waals surface area (Å²) in [4.78, 5) is 20.5. The van der Waals surface area contributed by atoms with E-state index in [1.165, 1.54) is 16.8 Å². The van der Waals surface area contributed by atoms with E-state index in [1.807, 2.05) is 0 Å². The molecule has 3 aromatic rings. The van der Waals surface area contributed by atoms with Gasteiger partial charge in [-0.15, -0.1) is 10.2 Å². The molecule has 0 bridgehead atoms. The van der Waals surface area contributed by atoms with Crippen molar-refractivity contribution in [3.05, 3.63) is 29.2 Å². The number of tetrazole rings is 1. The lowest BCUT2D eigenvalue weighted by Crippen LogP contribution is -2.45. The first-order chi connectivity index (χ1) is 17.0. The number of carbonyl (C=O) groups is 1. The van der Waals surface area contributed by atoms with E-state index in [0.29, 0.717) is 42.7 Å². The van der Waals surface area contributed by atoms with Crippen molar-refractivity contribution in [2.45, 2.75) is 50.9 Å². The fraction of sp³-hybridized carbons (Fsp3) is 0.478. The zero-order valence-electron chi connectivity index (χ0n) is 19.9. The highest BCUT2D eigenvalue weighted by atomic mass is 19.4. The fourth-order valence-electron chi connectivity index (χ4n) is 5.04. The van der Waals surface area contributed by atoms with Crippen LogP contribution in [0.25, 0.3) is 22.6 Å². The molecular formula is C23H23F3N8O2. The highest BCUT2D eigenvalue weighted by Crippen LogP contribution is 2.42. The number of hydrogen-bond donors (Lipinski definition) is 0. The van der Waals surface area contributed by atoms with Crippen molar-refractivity contribution < 1.29 is 22.7 Å². The van der Waals surface area contributed by atoms with Crippen LogP contribution >= 0.6 is 0 Å². The number of imidazole rings is 1. The van der Waals surface area contributed by atoms with Crippen molar-refractivity contribution >= 4 is 5.91 Å². The van der Waals surface area contributed by atoms with E-state index in [-0.39, 0.29) is 29.6 Å². The van der Waals surface area contributed by atoms with Crippen LogP contribution in [0.4, 0.5) is 13.2 Å². The summed E-state index contributed by atoms with van der Waals surface area (Å²) >= 11 is 0. The van der Waals surface area contributed by atoms with Gasteiger partial charge in [-0.1, -0.05) is 0 Å². The lowest BCUT2D eigenvalue weighted by Gasteiger charge is -2.29. The first-order valence-electron chi connectivity index (χ1n) is 11.4. The Morgan fingerprint density at radius 2 is 2.06 bits per heavy atom. The van der Waals surface area contributed by atoms with Crippen molar-refractivity contribution in [3.63, 3.8) is 0 Å². The van der Waals surface area contributed by atoms with Gasteiger partial charge in [0, 0.05) is 18.7 Å². The van der Waals surface area contributed by atoms with Crippen LogP contribution < -0.4 is 4.74 Å². The van der Waals surface area contributed by atoms with Crippen LogP contribution in [0, 0.1) is 11.3 Å². The molecule has 1 aromatic carbocycles. The van der Waals surface area contributed by atoms with E-state index in [1.54, 1.807) is 30.7 Å². The van der Waals surface area contributed by atoms with E-state index >= 15 is 0 Å². The third-order valence-electron chi connectivity index (χ3n) is 6.76. The van der Waals surface area contributed by atoms with Gasteiger partial charge in [0.2, 0.25) is 5.82 Å². The lowest BCUT2D eigenvalue weighted by molar-refractivity contribution is -0.127. The van der Waals surface area contributed by atoms with Crippen LogP contribution in [0.15, 0.2) is 12.1 Å². The summed E-state index contributed by atoms with van der Waals surface area (Å²) in [5.41, 5.74) is 0.673. The quantitative estimate of drug-likeness (QED) is 0.541. The Balaban J connectivity index is 1.69. The Hall–Kier alpha value is -3.95. The first-order valence-corrected chi connectivity index (χ1v) is 11.4. The number of nitriles is 1. The van der Waals surface area contributed by atoms with Crippen LogP contribution in [0.2, 0.25) is 0 Å². The predicted octanol–water partition coefficient (Wildman–Crippen LogP) is 2.93. The van der Waals surface area contributed by atoms with E-state index in [4.69, 9.17) is 4.74 Å². The summed E-state index contributed by atoms with van der Waals surface area (Å²) in [6.45, 7) is 2.27. The number of ether oxygens (including phenoxy) is 1. The van der Waals surface area contributed by atoms with Gasteiger partial charge < -0.3 is 14.2 Å². The van der Waals surface area contributed by atoms with Crippen molar-refractivity contribution in [2.24, 2.45) is 7.05 Å². The summed E-state index contributed by atoms with van der Waals surface area (Å²) in [6, 6.07) is 5.60. The summed E-state index contributed by atoms with van der Waals surface area (Å²) in [5, 5.41) is 21.7. The second-order valence-corrected chi connectivity index (χ2v) is 9.18. The Morgan fingerprint density at radius 1 is 1.28 bits per heavy atom.